The molecule has 23 heavy (non-hydrogen) atoms. The molecule has 0 saturated carbocycles. The number of rotatable bonds is 1. The standard InChI is InChI=1S/C15H10ClN5OS/c16-9-4-2-8(3-5-9)11-10-12(19-15(23)20-13(10)22)18-14-17-6-1-7-21(11)14/h1-7,11H,(H2,19,20,22,23). The van der Waals surface area contributed by atoms with E-state index in [1.165, 1.54) is 0 Å². The number of hydrogen-bond acceptors (Lipinski definition) is 5. The molecule has 1 unspecified atom stereocenters. The zero-order chi connectivity index (χ0) is 16.0. The smallest absolute Gasteiger partial charge is 0.259 e. The van der Waals surface area contributed by atoms with Crippen LogP contribution in [-0.4, -0.2) is 27.0 Å². The highest BCUT2D eigenvalue weighted by atomic mass is 35.5. The van der Waals surface area contributed by atoms with Crippen LogP contribution in [0, 0.1) is 4.77 Å². The fourth-order valence-corrected chi connectivity index (χ4v) is 3.02. The molecule has 2 aliphatic heterocycles. The van der Waals surface area contributed by atoms with Crippen molar-refractivity contribution in [3.63, 3.8) is 0 Å². The first kappa shape index (κ1) is 14.1. The molecule has 6 nitrogen and oxygen atoms in total. The minimum Gasteiger partial charge on any atom is -0.316 e. The summed E-state index contributed by atoms with van der Waals surface area (Å²) in [6, 6.07) is 6.98. The van der Waals surface area contributed by atoms with Gasteiger partial charge in [0.1, 0.15) is 5.82 Å². The van der Waals surface area contributed by atoms with Gasteiger partial charge in [0, 0.05) is 17.4 Å². The Kier molecular flexibility index (Phi) is 3.24. The number of benzene rings is 1. The van der Waals surface area contributed by atoms with Crippen molar-refractivity contribution >= 4 is 41.8 Å². The van der Waals surface area contributed by atoms with Gasteiger partial charge in [-0.1, -0.05) is 23.7 Å². The number of guanidine groups is 1. The van der Waals surface area contributed by atoms with E-state index in [1.54, 1.807) is 24.4 Å². The highest BCUT2D eigenvalue weighted by Gasteiger charge is 2.33. The summed E-state index contributed by atoms with van der Waals surface area (Å²) in [4.78, 5) is 28.6. The molecule has 2 N–H and O–H groups in total. The predicted octanol–water partition coefficient (Wildman–Crippen LogP) is 3.08. The molecule has 4 rings (SSSR count). The summed E-state index contributed by atoms with van der Waals surface area (Å²) in [6.45, 7) is 0. The summed E-state index contributed by atoms with van der Waals surface area (Å²) in [5.41, 5.74) is 1.13. The number of fused-ring (bicyclic) bond motifs is 2. The van der Waals surface area contributed by atoms with Crippen molar-refractivity contribution in [2.75, 3.05) is 0 Å². The zero-order valence-corrected chi connectivity index (χ0v) is 13.2. The van der Waals surface area contributed by atoms with Gasteiger partial charge in [-0.25, -0.2) is 4.99 Å². The monoisotopic (exact) mass is 343 g/mol. The average molecular weight is 344 g/mol. The Balaban J connectivity index is 2.00. The van der Waals surface area contributed by atoms with Gasteiger partial charge >= 0.3 is 0 Å². The van der Waals surface area contributed by atoms with E-state index in [4.69, 9.17) is 23.8 Å². The topological polar surface area (TPSA) is 76.6 Å². The number of allylic oxidation sites excluding steroid dienone is 1. The average Bonchev–Trinajstić information content (AvgIpc) is 2.53. The molecule has 2 aromatic rings. The Morgan fingerprint density at radius 2 is 2.00 bits per heavy atom. The number of H-pyrrole nitrogens is 2. The van der Waals surface area contributed by atoms with E-state index >= 15 is 0 Å². The van der Waals surface area contributed by atoms with Crippen LogP contribution in [0.1, 0.15) is 17.2 Å². The van der Waals surface area contributed by atoms with Crippen molar-refractivity contribution in [2.45, 2.75) is 6.04 Å². The molecule has 0 amide bonds. The van der Waals surface area contributed by atoms with Crippen LogP contribution in [-0.2, 0) is 0 Å². The van der Waals surface area contributed by atoms with Gasteiger partial charge in [-0.05, 0) is 36.0 Å². The van der Waals surface area contributed by atoms with Crippen molar-refractivity contribution in [1.29, 1.82) is 0 Å². The molecule has 0 aliphatic carbocycles. The summed E-state index contributed by atoms with van der Waals surface area (Å²) in [7, 11) is 0. The Hall–Kier alpha value is -2.51. The second-order valence-corrected chi connectivity index (χ2v) is 5.91. The lowest BCUT2D eigenvalue weighted by atomic mass is 9.97. The van der Waals surface area contributed by atoms with Crippen LogP contribution in [0.4, 0.5) is 5.82 Å². The molecule has 1 aromatic heterocycles. The Morgan fingerprint density at radius 1 is 1.22 bits per heavy atom. The van der Waals surface area contributed by atoms with Gasteiger partial charge in [-0.2, -0.15) is 4.99 Å². The van der Waals surface area contributed by atoms with E-state index in [-0.39, 0.29) is 16.4 Å². The van der Waals surface area contributed by atoms with E-state index in [0.29, 0.717) is 22.4 Å². The van der Waals surface area contributed by atoms with Gasteiger partial charge in [0.25, 0.3) is 5.56 Å². The molecule has 114 valence electrons. The van der Waals surface area contributed by atoms with E-state index in [9.17, 15) is 4.79 Å². The number of nitrogens with one attached hydrogen (secondary N) is 2. The first-order valence-electron chi connectivity index (χ1n) is 6.83. The molecule has 0 spiro atoms. The number of aromatic amines is 2. The van der Waals surface area contributed by atoms with E-state index in [1.807, 2.05) is 23.2 Å². The third-order valence-electron chi connectivity index (χ3n) is 3.66. The van der Waals surface area contributed by atoms with Crippen molar-refractivity contribution < 1.29 is 0 Å². The summed E-state index contributed by atoms with van der Waals surface area (Å²) in [5, 5.41) is 0.632. The summed E-state index contributed by atoms with van der Waals surface area (Å²) >= 11 is 11.0. The van der Waals surface area contributed by atoms with Gasteiger partial charge in [-0.15, -0.1) is 0 Å². The van der Waals surface area contributed by atoms with Crippen molar-refractivity contribution in [3.05, 3.63) is 67.8 Å². The van der Waals surface area contributed by atoms with Crippen molar-refractivity contribution in [3.8, 4) is 0 Å². The van der Waals surface area contributed by atoms with Gasteiger partial charge in [-0.3, -0.25) is 9.78 Å². The Bertz CT molecular complexity index is 986. The lowest BCUT2D eigenvalue weighted by Crippen LogP contribution is -2.37. The quantitative estimate of drug-likeness (QED) is 0.781. The third-order valence-corrected chi connectivity index (χ3v) is 4.12. The number of aromatic nitrogens is 2. The SMILES string of the molecule is O=c1[nH]c(=S)[nH]c2c1C(c1ccc(Cl)cc1)N1C=CC=NC1=N2. The molecule has 1 atom stereocenters. The minimum absolute atomic E-state index is 0.233. The second-order valence-electron chi connectivity index (χ2n) is 5.06. The Labute approximate surface area is 140 Å². The molecule has 0 fully saturated rings. The van der Waals surface area contributed by atoms with Crippen LogP contribution in [0.5, 0.6) is 0 Å². The van der Waals surface area contributed by atoms with Crippen LogP contribution in [0.3, 0.4) is 0 Å². The van der Waals surface area contributed by atoms with Crippen molar-refractivity contribution in [1.82, 2.24) is 14.9 Å². The summed E-state index contributed by atoms with van der Waals surface area (Å²) < 4.78 is 0.233. The maximum Gasteiger partial charge on any atom is 0.259 e. The summed E-state index contributed by atoms with van der Waals surface area (Å²) in [5.74, 6) is 0.925. The Morgan fingerprint density at radius 3 is 2.78 bits per heavy atom. The van der Waals surface area contributed by atoms with Crippen LogP contribution >= 0.6 is 23.8 Å². The number of nitrogens with zero attached hydrogens (tertiary/aromatic N) is 3. The number of hydrogen-bond donors (Lipinski definition) is 2. The van der Waals surface area contributed by atoms with Crippen molar-refractivity contribution in [2.24, 2.45) is 9.98 Å². The van der Waals surface area contributed by atoms with Gasteiger partial charge < -0.3 is 9.88 Å². The minimum atomic E-state index is -0.362. The zero-order valence-electron chi connectivity index (χ0n) is 11.7. The number of aliphatic imine (C=N–C) groups is 2. The van der Waals surface area contributed by atoms with Crippen LogP contribution in [0.15, 0.2) is 51.3 Å². The molecule has 2 aliphatic rings. The molecular weight excluding hydrogens is 334 g/mol. The fraction of sp³-hybridized carbons (Fsp3) is 0.0667. The molecular formula is C15H10ClN5OS. The molecule has 0 radical (unpaired) electrons. The highest BCUT2D eigenvalue weighted by molar-refractivity contribution is 7.71. The molecule has 8 heteroatoms. The van der Waals surface area contributed by atoms with E-state index in [2.05, 4.69) is 20.0 Å². The highest BCUT2D eigenvalue weighted by Crippen LogP contribution is 2.37. The lowest BCUT2D eigenvalue weighted by molar-refractivity contribution is 0.451. The lowest BCUT2D eigenvalue weighted by Gasteiger charge is -2.34. The molecule has 1 aromatic carbocycles. The van der Waals surface area contributed by atoms with E-state index < -0.39 is 0 Å². The maximum absolute atomic E-state index is 12.5. The molecule has 0 bridgehead atoms. The third kappa shape index (κ3) is 2.34. The largest absolute Gasteiger partial charge is 0.316 e. The van der Waals surface area contributed by atoms with Gasteiger partial charge in [0.2, 0.25) is 5.96 Å². The van der Waals surface area contributed by atoms with Crippen LogP contribution < -0.4 is 5.56 Å². The maximum atomic E-state index is 12.5. The molecule has 0 saturated heterocycles. The summed E-state index contributed by atoms with van der Waals surface area (Å²) in [6.07, 6.45) is 5.29. The first-order valence-corrected chi connectivity index (χ1v) is 7.62. The molecule has 3 heterocycles. The first-order chi connectivity index (χ1) is 11.1. The predicted molar refractivity (Wildman–Crippen MR) is 92.1 cm³/mol. The van der Waals surface area contributed by atoms with Crippen LogP contribution in [0.25, 0.3) is 0 Å². The second kappa shape index (κ2) is 5.29. The van der Waals surface area contributed by atoms with Crippen LogP contribution in [0.2, 0.25) is 5.02 Å². The fourth-order valence-electron chi connectivity index (χ4n) is 2.70. The van der Waals surface area contributed by atoms with E-state index in [0.717, 1.165) is 5.56 Å². The van der Waals surface area contributed by atoms with Gasteiger partial charge in [0.15, 0.2) is 4.77 Å². The van der Waals surface area contributed by atoms with Gasteiger partial charge in [0.05, 0.1) is 11.6 Å². The number of halogens is 1. The normalized spacial score (nSPS) is 18.4.